The minimum Gasteiger partial charge on any atom is -0.329 e. The Hall–Kier alpha value is -0.0800. The zero-order valence-electron chi connectivity index (χ0n) is 11.8. The molecule has 2 aliphatic rings. The van der Waals surface area contributed by atoms with Crippen LogP contribution in [0.25, 0.3) is 0 Å². The van der Waals surface area contributed by atoms with Crippen LogP contribution in [0.3, 0.4) is 0 Å². The minimum absolute atomic E-state index is 0.314. The third-order valence-electron chi connectivity index (χ3n) is 5.38. The second-order valence-electron chi connectivity index (χ2n) is 6.19. The van der Waals surface area contributed by atoms with Gasteiger partial charge in [0, 0.05) is 18.1 Å². The van der Waals surface area contributed by atoms with Gasteiger partial charge in [0.1, 0.15) is 0 Å². The van der Waals surface area contributed by atoms with E-state index in [0.29, 0.717) is 5.54 Å². The maximum Gasteiger partial charge on any atom is 0.0357 e. The van der Waals surface area contributed by atoms with Gasteiger partial charge >= 0.3 is 0 Å². The molecule has 0 aliphatic heterocycles. The lowest BCUT2D eigenvalue weighted by Crippen LogP contribution is -2.57. The molecule has 0 spiro atoms. The Morgan fingerprint density at radius 2 is 1.65 bits per heavy atom. The Morgan fingerprint density at radius 3 is 2.06 bits per heavy atom. The molecule has 0 aromatic carbocycles. The topological polar surface area (TPSA) is 29.3 Å². The van der Waals surface area contributed by atoms with E-state index in [9.17, 15) is 0 Å². The maximum absolute atomic E-state index is 6.16. The number of rotatable bonds is 5. The van der Waals surface area contributed by atoms with Gasteiger partial charge in [0.15, 0.2) is 0 Å². The van der Waals surface area contributed by atoms with E-state index in [-0.39, 0.29) is 0 Å². The molecule has 2 heteroatoms. The molecule has 2 fully saturated rings. The number of hydrogen-bond acceptors (Lipinski definition) is 2. The van der Waals surface area contributed by atoms with Crippen molar-refractivity contribution in [2.75, 3.05) is 13.6 Å². The van der Waals surface area contributed by atoms with E-state index in [1.807, 2.05) is 0 Å². The van der Waals surface area contributed by atoms with Crippen LogP contribution in [0.5, 0.6) is 0 Å². The molecule has 2 saturated carbocycles. The van der Waals surface area contributed by atoms with Crippen molar-refractivity contribution in [2.24, 2.45) is 11.7 Å². The number of nitrogens with zero attached hydrogens (tertiary/aromatic N) is 1. The van der Waals surface area contributed by atoms with E-state index in [2.05, 4.69) is 18.9 Å². The zero-order valence-corrected chi connectivity index (χ0v) is 11.8. The highest BCUT2D eigenvalue weighted by atomic mass is 15.2. The van der Waals surface area contributed by atoms with E-state index in [0.717, 1.165) is 18.5 Å². The fourth-order valence-corrected chi connectivity index (χ4v) is 3.91. The van der Waals surface area contributed by atoms with Crippen LogP contribution in [-0.4, -0.2) is 30.1 Å². The highest BCUT2D eigenvalue weighted by molar-refractivity contribution is 5.03. The van der Waals surface area contributed by atoms with Crippen LogP contribution in [0.4, 0.5) is 0 Å². The van der Waals surface area contributed by atoms with Gasteiger partial charge < -0.3 is 5.73 Å². The molecule has 17 heavy (non-hydrogen) atoms. The molecule has 1 atom stereocenters. The van der Waals surface area contributed by atoms with Gasteiger partial charge in [0.2, 0.25) is 0 Å². The summed E-state index contributed by atoms with van der Waals surface area (Å²) in [6, 6.07) is 0.793. The average molecular weight is 238 g/mol. The van der Waals surface area contributed by atoms with Crippen LogP contribution in [0, 0.1) is 5.92 Å². The molecule has 0 radical (unpaired) electrons. The maximum atomic E-state index is 6.16. The molecule has 0 saturated heterocycles. The molecule has 2 nitrogen and oxygen atoms in total. The van der Waals surface area contributed by atoms with Gasteiger partial charge in [0.25, 0.3) is 0 Å². The number of hydrogen-bond donors (Lipinski definition) is 1. The van der Waals surface area contributed by atoms with Crippen LogP contribution in [0.2, 0.25) is 0 Å². The SMILES string of the molecule is CCC(CN)(C1CC1)N(C)C1CCCCCC1. The first kappa shape index (κ1) is 13.4. The summed E-state index contributed by atoms with van der Waals surface area (Å²) in [6.45, 7) is 3.18. The first-order valence-corrected chi connectivity index (χ1v) is 7.67. The summed E-state index contributed by atoms with van der Waals surface area (Å²) in [6.07, 6.45) is 12.5. The molecule has 1 unspecified atom stereocenters. The molecule has 0 bridgehead atoms. The fourth-order valence-electron chi connectivity index (χ4n) is 3.91. The van der Waals surface area contributed by atoms with Gasteiger partial charge in [-0.15, -0.1) is 0 Å². The molecule has 100 valence electrons. The van der Waals surface area contributed by atoms with Gasteiger partial charge in [0.05, 0.1) is 0 Å². The quantitative estimate of drug-likeness (QED) is 0.746. The van der Waals surface area contributed by atoms with Gasteiger partial charge in [-0.2, -0.15) is 0 Å². The molecule has 2 aliphatic carbocycles. The summed E-state index contributed by atoms with van der Waals surface area (Å²) in [7, 11) is 2.35. The average Bonchev–Trinajstić information content (AvgIpc) is 3.18. The molecular formula is C15H30N2. The van der Waals surface area contributed by atoms with Crippen molar-refractivity contribution in [1.82, 2.24) is 4.90 Å². The third-order valence-corrected chi connectivity index (χ3v) is 5.38. The van der Waals surface area contributed by atoms with Crippen molar-refractivity contribution in [3.8, 4) is 0 Å². The zero-order chi connectivity index (χ0) is 12.3. The Morgan fingerprint density at radius 1 is 1.06 bits per heavy atom. The lowest BCUT2D eigenvalue weighted by Gasteiger charge is -2.45. The van der Waals surface area contributed by atoms with Gasteiger partial charge in [-0.3, -0.25) is 4.90 Å². The van der Waals surface area contributed by atoms with Crippen molar-refractivity contribution in [3.63, 3.8) is 0 Å². The second-order valence-corrected chi connectivity index (χ2v) is 6.19. The van der Waals surface area contributed by atoms with Crippen LogP contribution >= 0.6 is 0 Å². The second kappa shape index (κ2) is 5.71. The number of likely N-dealkylation sites (N-methyl/N-ethyl adjacent to an activating group) is 1. The van der Waals surface area contributed by atoms with Crippen molar-refractivity contribution >= 4 is 0 Å². The molecule has 0 heterocycles. The molecule has 0 amide bonds. The monoisotopic (exact) mass is 238 g/mol. The predicted octanol–water partition coefficient (Wildman–Crippen LogP) is 3.16. The van der Waals surface area contributed by atoms with Gasteiger partial charge in [-0.25, -0.2) is 0 Å². The smallest absolute Gasteiger partial charge is 0.0357 e. The molecule has 0 aromatic heterocycles. The van der Waals surface area contributed by atoms with E-state index in [1.165, 1.54) is 57.8 Å². The Kier molecular flexibility index (Phi) is 4.48. The lowest BCUT2D eigenvalue weighted by molar-refractivity contribution is 0.0462. The molecule has 0 aromatic rings. The lowest BCUT2D eigenvalue weighted by atomic mass is 9.86. The van der Waals surface area contributed by atoms with Crippen molar-refractivity contribution in [2.45, 2.75) is 76.3 Å². The van der Waals surface area contributed by atoms with E-state index < -0.39 is 0 Å². The fraction of sp³-hybridized carbons (Fsp3) is 1.00. The largest absolute Gasteiger partial charge is 0.329 e. The van der Waals surface area contributed by atoms with Crippen LogP contribution in [-0.2, 0) is 0 Å². The van der Waals surface area contributed by atoms with Crippen molar-refractivity contribution in [1.29, 1.82) is 0 Å². The summed E-state index contributed by atoms with van der Waals surface area (Å²) >= 11 is 0. The summed E-state index contributed by atoms with van der Waals surface area (Å²) in [5.74, 6) is 0.880. The Bertz CT molecular complexity index is 223. The first-order chi connectivity index (χ1) is 8.24. The van der Waals surface area contributed by atoms with Crippen LogP contribution in [0.1, 0.15) is 64.7 Å². The summed E-state index contributed by atoms with van der Waals surface area (Å²) < 4.78 is 0. The summed E-state index contributed by atoms with van der Waals surface area (Å²) in [5, 5.41) is 0. The standard InChI is InChI=1S/C15H30N2/c1-3-15(12-16,13-10-11-13)17(2)14-8-6-4-5-7-9-14/h13-14H,3-12,16H2,1-2H3. The minimum atomic E-state index is 0.314. The Labute approximate surface area is 107 Å². The van der Waals surface area contributed by atoms with E-state index in [4.69, 9.17) is 5.73 Å². The van der Waals surface area contributed by atoms with Crippen molar-refractivity contribution in [3.05, 3.63) is 0 Å². The third kappa shape index (κ3) is 2.68. The summed E-state index contributed by atoms with van der Waals surface area (Å²) in [5.41, 5.74) is 6.48. The predicted molar refractivity (Wildman–Crippen MR) is 74.1 cm³/mol. The van der Waals surface area contributed by atoms with Crippen LogP contribution in [0.15, 0.2) is 0 Å². The van der Waals surface area contributed by atoms with Crippen molar-refractivity contribution < 1.29 is 0 Å². The van der Waals surface area contributed by atoms with Gasteiger partial charge in [-0.05, 0) is 45.1 Å². The highest BCUT2D eigenvalue weighted by Gasteiger charge is 2.47. The molecule has 2 N–H and O–H groups in total. The normalized spacial score (nSPS) is 26.8. The first-order valence-electron chi connectivity index (χ1n) is 7.67. The molecule has 2 rings (SSSR count). The molecular weight excluding hydrogens is 208 g/mol. The van der Waals surface area contributed by atoms with E-state index in [1.54, 1.807) is 0 Å². The number of nitrogens with two attached hydrogens (primary N) is 1. The van der Waals surface area contributed by atoms with E-state index >= 15 is 0 Å². The Balaban J connectivity index is 2.06. The van der Waals surface area contributed by atoms with Gasteiger partial charge in [-0.1, -0.05) is 32.6 Å². The van der Waals surface area contributed by atoms with Crippen LogP contribution < -0.4 is 5.73 Å². The summed E-state index contributed by atoms with van der Waals surface area (Å²) in [4.78, 5) is 2.69. The highest BCUT2D eigenvalue weighted by Crippen LogP contribution is 2.45.